The first-order valence-corrected chi connectivity index (χ1v) is 8.74. The topological polar surface area (TPSA) is 96.4 Å². The number of aliphatic hydroxyl groups excluding tert-OH is 1. The molecular formula is C17H26N4O3. The molecule has 1 aliphatic heterocycles. The van der Waals surface area contributed by atoms with Crippen LogP contribution in [0.4, 0.5) is 5.82 Å². The molecule has 1 aromatic rings. The van der Waals surface area contributed by atoms with Crippen LogP contribution in [0.2, 0.25) is 0 Å². The molecule has 2 atom stereocenters. The van der Waals surface area contributed by atoms with Gasteiger partial charge in [0.2, 0.25) is 5.91 Å². The van der Waals surface area contributed by atoms with Gasteiger partial charge in [0.1, 0.15) is 11.6 Å². The second kappa shape index (κ2) is 7.90. The predicted octanol–water partition coefficient (Wildman–Crippen LogP) is 1.02. The molecule has 2 fully saturated rings. The van der Waals surface area contributed by atoms with Gasteiger partial charge in [-0.15, -0.1) is 0 Å². The first-order chi connectivity index (χ1) is 11.6. The Kier molecular flexibility index (Phi) is 5.63. The monoisotopic (exact) mass is 334 g/mol. The summed E-state index contributed by atoms with van der Waals surface area (Å²) in [7, 11) is 0. The van der Waals surface area contributed by atoms with Crippen molar-refractivity contribution < 1.29 is 14.6 Å². The van der Waals surface area contributed by atoms with E-state index >= 15 is 0 Å². The number of carbonyl (C=O) groups is 1. The van der Waals surface area contributed by atoms with Crippen LogP contribution in [0.25, 0.3) is 0 Å². The van der Waals surface area contributed by atoms with Gasteiger partial charge in [-0.2, -0.15) is 0 Å². The fourth-order valence-corrected chi connectivity index (χ4v) is 3.42. The molecule has 0 aromatic carbocycles. The number of nitrogens with one attached hydrogen (secondary N) is 2. The zero-order valence-corrected chi connectivity index (χ0v) is 14.1. The molecular weight excluding hydrogens is 308 g/mol. The molecule has 1 amide bonds. The summed E-state index contributed by atoms with van der Waals surface area (Å²) in [5.74, 6) is 1.56. The van der Waals surface area contributed by atoms with E-state index in [0.717, 1.165) is 25.1 Å². The van der Waals surface area contributed by atoms with Crippen molar-refractivity contribution in [2.24, 2.45) is 5.92 Å². The number of rotatable bonds is 4. The van der Waals surface area contributed by atoms with Crippen molar-refractivity contribution in [1.82, 2.24) is 15.3 Å². The molecule has 0 unspecified atom stereocenters. The number of ether oxygens (including phenoxy) is 1. The molecule has 2 heterocycles. The van der Waals surface area contributed by atoms with Gasteiger partial charge in [0, 0.05) is 18.7 Å². The number of carbonyl (C=O) groups excluding carboxylic acids is 1. The highest BCUT2D eigenvalue weighted by Crippen LogP contribution is 2.25. The fraction of sp³-hybridized carbons (Fsp3) is 0.706. The lowest BCUT2D eigenvalue weighted by molar-refractivity contribution is -0.128. The van der Waals surface area contributed by atoms with Gasteiger partial charge in [-0.25, -0.2) is 9.97 Å². The Bertz CT molecular complexity index is 561. The van der Waals surface area contributed by atoms with Crippen molar-refractivity contribution in [3.8, 4) is 0 Å². The van der Waals surface area contributed by atoms with Crippen LogP contribution in [-0.4, -0.2) is 52.4 Å². The summed E-state index contributed by atoms with van der Waals surface area (Å²) in [4.78, 5) is 21.0. The van der Waals surface area contributed by atoms with Crippen LogP contribution in [0.15, 0.2) is 12.3 Å². The second-order valence-electron chi connectivity index (χ2n) is 6.72. The summed E-state index contributed by atoms with van der Waals surface area (Å²) in [5.41, 5.74) is 0. The van der Waals surface area contributed by atoms with Gasteiger partial charge in [-0.3, -0.25) is 4.79 Å². The van der Waals surface area contributed by atoms with Gasteiger partial charge < -0.3 is 20.5 Å². The Morgan fingerprint density at radius 1 is 1.25 bits per heavy atom. The second-order valence-corrected chi connectivity index (χ2v) is 6.72. The van der Waals surface area contributed by atoms with Gasteiger partial charge in [-0.05, 0) is 45.1 Å². The third-order valence-electron chi connectivity index (χ3n) is 4.86. The molecule has 3 N–H and O–H groups in total. The van der Waals surface area contributed by atoms with E-state index in [9.17, 15) is 9.90 Å². The molecule has 0 radical (unpaired) electrons. The van der Waals surface area contributed by atoms with E-state index in [2.05, 4.69) is 20.6 Å². The zero-order valence-electron chi connectivity index (χ0n) is 14.1. The average Bonchev–Trinajstić information content (AvgIpc) is 2.57. The third-order valence-corrected chi connectivity index (χ3v) is 4.86. The van der Waals surface area contributed by atoms with Crippen LogP contribution in [0, 0.1) is 12.8 Å². The number of aliphatic hydroxyl groups is 1. The number of hydrogen-bond acceptors (Lipinski definition) is 6. The Morgan fingerprint density at radius 3 is 2.79 bits per heavy atom. The standard InChI is InChI=1S/C17H26N4O3/c1-11-18-8-6-16(19-11)20-15-10-24-9-7-14(15)21-17(23)12-2-4-13(22)5-3-12/h6,8,12-15,22H,2-5,7,9-10H2,1H3,(H,21,23)(H,18,19,20)/t12?,13?,14-,15+/m0/s1. The van der Waals surface area contributed by atoms with Gasteiger partial charge in [0.25, 0.3) is 0 Å². The lowest BCUT2D eigenvalue weighted by atomic mass is 9.86. The summed E-state index contributed by atoms with van der Waals surface area (Å²) >= 11 is 0. The molecule has 7 heteroatoms. The number of amides is 1. The first-order valence-electron chi connectivity index (χ1n) is 8.74. The van der Waals surface area contributed by atoms with Crippen molar-refractivity contribution in [3.63, 3.8) is 0 Å². The van der Waals surface area contributed by atoms with Crippen molar-refractivity contribution in [2.75, 3.05) is 18.5 Å². The molecule has 2 aliphatic rings. The van der Waals surface area contributed by atoms with Crippen LogP contribution >= 0.6 is 0 Å². The maximum Gasteiger partial charge on any atom is 0.223 e. The summed E-state index contributed by atoms with van der Waals surface area (Å²) in [5, 5.41) is 16.1. The van der Waals surface area contributed by atoms with Crippen LogP contribution in [0.1, 0.15) is 37.9 Å². The average molecular weight is 334 g/mol. The Morgan fingerprint density at radius 2 is 2.04 bits per heavy atom. The van der Waals surface area contributed by atoms with E-state index in [1.807, 2.05) is 13.0 Å². The fourth-order valence-electron chi connectivity index (χ4n) is 3.42. The third kappa shape index (κ3) is 4.42. The molecule has 0 spiro atoms. The Hall–Kier alpha value is -1.73. The van der Waals surface area contributed by atoms with E-state index in [-0.39, 0.29) is 30.0 Å². The maximum atomic E-state index is 12.5. The summed E-state index contributed by atoms with van der Waals surface area (Å²) < 4.78 is 5.57. The van der Waals surface area contributed by atoms with Crippen molar-refractivity contribution >= 4 is 11.7 Å². The van der Waals surface area contributed by atoms with E-state index in [1.54, 1.807) is 6.20 Å². The van der Waals surface area contributed by atoms with Crippen molar-refractivity contribution in [3.05, 3.63) is 18.1 Å². The van der Waals surface area contributed by atoms with Crippen LogP contribution < -0.4 is 10.6 Å². The largest absolute Gasteiger partial charge is 0.393 e. The highest BCUT2D eigenvalue weighted by molar-refractivity contribution is 5.79. The molecule has 3 rings (SSSR count). The summed E-state index contributed by atoms with van der Waals surface area (Å²) in [6.45, 7) is 3.03. The summed E-state index contributed by atoms with van der Waals surface area (Å²) in [6, 6.07) is 1.84. The van der Waals surface area contributed by atoms with E-state index < -0.39 is 0 Å². The van der Waals surface area contributed by atoms with E-state index in [0.29, 0.717) is 31.9 Å². The molecule has 7 nitrogen and oxygen atoms in total. The number of hydrogen-bond donors (Lipinski definition) is 3. The predicted molar refractivity (Wildman–Crippen MR) is 89.5 cm³/mol. The lowest BCUT2D eigenvalue weighted by Gasteiger charge is -2.34. The molecule has 1 aliphatic carbocycles. The van der Waals surface area contributed by atoms with E-state index in [4.69, 9.17) is 4.74 Å². The summed E-state index contributed by atoms with van der Waals surface area (Å²) in [6.07, 6.45) is 5.21. The van der Waals surface area contributed by atoms with Gasteiger partial charge in [0.15, 0.2) is 0 Å². The SMILES string of the molecule is Cc1nccc(N[C@@H]2COCC[C@@H]2NC(=O)C2CCC(O)CC2)n1. The zero-order chi connectivity index (χ0) is 16.9. The van der Waals surface area contributed by atoms with Gasteiger partial charge in [-0.1, -0.05) is 0 Å². The minimum atomic E-state index is -0.243. The maximum absolute atomic E-state index is 12.5. The number of anilines is 1. The Labute approximate surface area is 142 Å². The molecule has 0 bridgehead atoms. The molecule has 1 saturated heterocycles. The van der Waals surface area contributed by atoms with Gasteiger partial charge in [0.05, 0.1) is 24.8 Å². The van der Waals surface area contributed by atoms with E-state index in [1.165, 1.54) is 0 Å². The highest BCUT2D eigenvalue weighted by Gasteiger charge is 2.31. The normalized spacial score (nSPS) is 30.6. The molecule has 24 heavy (non-hydrogen) atoms. The van der Waals surface area contributed by atoms with Crippen LogP contribution in [0.5, 0.6) is 0 Å². The Balaban J connectivity index is 1.58. The first kappa shape index (κ1) is 17.1. The highest BCUT2D eigenvalue weighted by atomic mass is 16.5. The van der Waals surface area contributed by atoms with Crippen molar-refractivity contribution in [1.29, 1.82) is 0 Å². The number of aromatic nitrogens is 2. The van der Waals surface area contributed by atoms with Gasteiger partial charge >= 0.3 is 0 Å². The number of aryl methyl sites for hydroxylation is 1. The number of nitrogens with zero attached hydrogens (tertiary/aromatic N) is 2. The lowest BCUT2D eigenvalue weighted by Crippen LogP contribution is -2.53. The molecule has 1 saturated carbocycles. The van der Waals surface area contributed by atoms with Crippen molar-refractivity contribution in [2.45, 2.75) is 57.2 Å². The smallest absolute Gasteiger partial charge is 0.223 e. The minimum absolute atomic E-state index is 0.00817. The minimum Gasteiger partial charge on any atom is -0.393 e. The quantitative estimate of drug-likeness (QED) is 0.761. The van der Waals surface area contributed by atoms with Crippen LogP contribution in [0.3, 0.4) is 0 Å². The van der Waals surface area contributed by atoms with Crippen LogP contribution in [-0.2, 0) is 9.53 Å². The molecule has 1 aromatic heterocycles. The molecule has 132 valence electrons.